The van der Waals surface area contributed by atoms with Crippen LogP contribution in [0.15, 0.2) is 18.3 Å². The summed E-state index contributed by atoms with van der Waals surface area (Å²) in [5, 5.41) is 2.82. The second kappa shape index (κ2) is 6.35. The van der Waals surface area contributed by atoms with Crippen molar-refractivity contribution < 1.29 is 9.53 Å². The number of nitrogens with one attached hydrogen (secondary N) is 1. The predicted octanol–water partition coefficient (Wildman–Crippen LogP) is 1.79. The van der Waals surface area contributed by atoms with Gasteiger partial charge < -0.3 is 15.8 Å². The summed E-state index contributed by atoms with van der Waals surface area (Å²) in [6.07, 6.45) is 2.27. The monoisotopic (exact) mass is 251 g/mol. The second-order valence-corrected chi connectivity index (χ2v) is 4.39. The summed E-state index contributed by atoms with van der Waals surface area (Å²) in [4.78, 5) is 16.1. The van der Waals surface area contributed by atoms with Gasteiger partial charge in [0.1, 0.15) is 0 Å². The van der Waals surface area contributed by atoms with Crippen LogP contribution in [0.5, 0.6) is 5.88 Å². The van der Waals surface area contributed by atoms with Crippen LogP contribution in [-0.4, -0.2) is 24.0 Å². The van der Waals surface area contributed by atoms with E-state index in [-0.39, 0.29) is 5.91 Å². The summed E-state index contributed by atoms with van der Waals surface area (Å²) < 4.78 is 5.23. The molecule has 1 rings (SSSR count). The Balaban J connectivity index is 2.70. The van der Waals surface area contributed by atoms with E-state index in [1.54, 1.807) is 18.3 Å². The third kappa shape index (κ3) is 3.43. The number of amides is 1. The van der Waals surface area contributed by atoms with Gasteiger partial charge in [-0.05, 0) is 26.3 Å². The van der Waals surface area contributed by atoms with E-state index in [0.717, 1.165) is 0 Å². The highest BCUT2D eigenvalue weighted by Gasteiger charge is 2.29. The normalized spacial score (nSPS) is 13.8. The van der Waals surface area contributed by atoms with Crippen molar-refractivity contribution in [3.05, 3.63) is 18.3 Å². The van der Waals surface area contributed by atoms with Gasteiger partial charge in [-0.3, -0.25) is 4.79 Å². The number of nitrogens with two attached hydrogens (primary N) is 1. The lowest BCUT2D eigenvalue weighted by Crippen LogP contribution is -2.39. The van der Waals surface area contributed by atoms with Crippen molar-refractivity contribution in [2.24, 2.45) is 11.1 Å². The average molecular weight is 251 g/mol. The number of ether oxygens (including phenoxy) is 1. The van der Waals surface area contributed by atoms with Crippen LogP contribution >= 0.6 is 0 Å². The van der Waals surface area contributed by atoms with E-state index >= 15 is 0 Å². The number of hydrogen-bond donors (Lipinski definition) is 2. The first-order valence-corrected chi connectivity index (χ1v) is 6.16. The molecule has 1 heterocycles. The summed E-state index contributed by atoms with van der Waals surface area (Å²) in [5.41, 5.74) is 5.75. The lowest BCUT2D eigenvalue weighted by Gasteiger charge is -2.24. The van der Waals surface area contributed by atoms with Crippen molar-refractivity contribution in [2.75, 3.05) is 18.5 Å². The Morgan fingerprint density at radius 3 is 2.67 bits per heavy atom. The van der Waals surface area contributed by atoms with Crippen molar-refractivity contribution in [3.8, 4) is 5.88 Å². The zero-order valence-electron chi connectivity index (χ0n) is 11.2. The van der Waals surface area contributed by atoms with Crippen LogP contribution in [0.2, 0.25) is 0 Å². The number of rotatable bonds is 6. The fourth-order valence-corrected chi connectivity index (χ4v) is 1.37. The zero-order valence-corrected chi connectivity index (χ0v) is 11.2. The van der Waals surface area contributed by atoms with Crippen molar-refractivity contribution in [1.29, 1.82) is 0 Å². The molecule has 5 heteroatoms. The molecule has 0 aromatic carbocycles. The van der Waals surface area contributed by atoms with Gasteiger partial charge in [-0.2, -0.15) is 0 Å². The molecule has 1 unspecified atom stereocenters. The minimum absolute atomic E-state index is 0.0848. The van der Waals surface area contributed by atoms with Gasteiger partial charge in [0.25, 0.3) is 0 Å². The summed E-state index contributed by atoms with van der Waals surface area (Å²) in [7, 11) is 0. The van der Waals surface area contributed by atoms with Gasteiger partial charge in [0.2, 0.25) is 11.8 Å². The molecule has 0 aliphatic heterocycles. The van der Waals surface area contributed by atoms with Crippen LogP contribution in [0, 0.1) is 5.41 Å². The summed E-state index contributed by atoms with van der Waals surface area (Å²) >= 11 is 0. The summed E-state index contributed by atoms with van der Waals surface area (Å²) in [6.45, 7) is 6.58. The van der Waals surface area contributed by atoms with Crippen LogP contribution in [0.1, 0.15) is 27.2 Å². The molecule has 0 aliphatic rings. The lowest BCUT2D eigenvalue weighted by molar-refractivity contribution is -0.124. The summed E-state index contributed by atoms with van der Waals surface area (Å²) in [6, 6.07) is 3.49. The SMILES string of the molecule is CCOc1ccc(NC(=O)C(C)(CC)CN)cn1. The van der Waals surface area contributed by atoms with Gasteiger partial charge in [0.05, 0.1) is 23.9 Å². The molecule has 0 aliphatic carbocycles. The number of pyridine rings is 1. The van der Waals surface area contributed by atoms with E-state index < -0.39 is 5.41 Å². The van der Waals surface area contributed by atoms with Gasteiger partial charge in [0, 0.05) is 12.6 Å². The van der Waals surface area contributed by atoms with E-state index in [1.807, 2.05) is 20.8 Å². The maximum atomic E-state index is 12.1. The molecule has 1 aromatic heterocycles. The largest absolute Gasteiger partial charge is 0.478 e. The molecular weight excluding hydrogens is 230 g/mol. The molecule has 18 heavy (non-hydrogen) atoms. The van der Waals surface area contributed by atoms with E-state index in [2.05, 4.69) is 10.3 Å². The minimum Gasteiger partial charge on any atom is -0.478 e. The highest BCUT2D eigenvalue weighted by molar-refractivity contribution is 5.95. The van der Waals surface area contributed by atoms with Gasteiger partial charge in [-0.25, -0.2) is 4.98 Å². The number of aromatic nitrogens is 1. The number of nitrogens with zero attached hydrogens (tertiary/aromatic N) is 1. The van der Waals surface area contributed by atoms with Gasteiger partial charge in [-0.1, -0.05) is 6.92 Å². The molecule has 0 radical (unpaired) electrons. The molecule has 100 valence electrons. The maximum absolute atomic E-state index is 12.1. The molecule has 0 bridgehead atoms. The van der Waals surface area contributed by atoms with Crippen LogP contribution in [0.3, 0.4) is 0 Å². The average Bonchev–Trinajstić information content (AvgIpc) is 2.40. The van der Waals surface area contributed by atoms with E-state index in [1.165, 1.54) is 0 Å². The van der Waals surface area contributed by atoms with E-state index in [0.29, 0.717) is 31.1 Å². The first-order valence-electron chi connectivity index (χ1n) is 6.16. The lowest BCUT2D eigenvalue weighted by atomic mass is 9.86. The fraction of sp³-hybridized carbons (Fsp3) is 0.538. The Morgan fingerprint density at radius 2 is 2.22 bits per heavy atom. The molecule has 0 saturated heterocycles. The van der Waals surface area contributed by atoms with Gasteiger partial charge in [0.15, 0.2) is 0 Å². The maximum Gasteiger partial charge on any atom is 0.231 e. The van der Waals surface area contributed by atoms with Crippen molar-refractivity contribution in [2.45, 2.75) is 27.2 Å². The van der Waals surface area contributed by atoms with Crippen LogP contribution in [0.25, 0.3) is 0 Å². The Bertz CT molecular complexity index is 386. The molecule has 1 atom stereocenters. The van der Waals surface area contributed by atoms with Crippen molar-refractivity contribution in [1.82, 2.24) is 4.98 Å². The molecule has 3 N–H and O–H groups in total. The molecule has 0 spiro atoms. The highest BCUT2D eigenvalue weighted by Crippen LogP contribution is 2.22. The first-order chi connectivity index (χ1) is 8.55. The Labute approximate surface area is 108 Å². The molecule has 0 saturated carbocycles. The van der Waals surface area contributed by atoms with E-state index in [4.69, 9.17) is 10.5 Å². The molecule has 1 amide bonds. The number of anilines is 1. The number of carbonyl (C=O) groups is 1. The smallest absolute Gasteiger partial charge is 0.231 e. The summed E-state index contributed by atoms with van der Waals surface area (Å²) in [5.74, 6) is 0.464. The Kier molecular flexibility index (Phi) is 5.09. The van der Waals surface area contributed by atoms with E-state index in [9.17, 15) is 4.79 Å². The van der Waals surface area contributed by atoms with Crippen molar-refractivity contribution in [3.63, 3.8) is 0 Å². The second-order valence-electron chi connectivity index (χ2n) is 4.39. The Hall–Kier alpha value is -1.62. The first kappa shape index (κ1) is 14.4. The van der Waals surface area contributed by atoms with Gasteiger partial charge in [-0.15, -0.1) is 0 Å². The van der Waals surface area contributed by atoms with Crippen molar-refractivity contribution >= 4 is 11.6 Å². The molecule has 5 nitrogen and oxygen atoms in total. The standard InChI is InChI=1S/C13H21N3O2/c1-4-13(3,9-14)12(17)16-10-6-7-11(15-8-10)18-5-2/h6-8H,4-5,9,14H2,1-3H3,(H,16,17). The van der Waals surface area contributed by atoms with Gasteiger partial charge >= 0.3 is 0 Å². The highest BCUT2D eigenvalue weighted by atomic mass is 16.5. The molecule has 0 fully saturated rings. The van der Waals surface area contributed by atoms with Crippen LogP contribution in [0.4, 0.5) is 5.69 Å². The fourth-order valence-electron chi connectivity index (χ4n) is 1.37. The third-order valence-corrected chi connectivity index (χ3v) is 3.07. The number of hydrogen-bond acceptors (Lipinski definition) is 4. The topological polar surface area (TPSA) is 77.2 Å². The minimum atomic E-state index is -0.543. The van der Waals surface area contributed by atoms with Crippen LogP contribution < -0.4 is 15.8 Å². The molecule has 1 aromatic rings. The quantitative estimate of drug-likeness (QED) is 0.808. The predicted molar refractivity (Wildman–Crippen MR) is 71.5 cm³/mol. The Morgan fingerprint density at radius 1 is 1.50 bits per heavy atom. The number of carbonyl (C=O) groups excluding carboxylic acids is 1. The molecular formula is C13H21N3O2. The third-order valence-electron chi connectivity index (χ3n) is 3.07. The van der Waals surface area contributed by atoms with Crippen LogP contribution in [-0.2, 0) is 4.79 Å². The zero-order chi connectivity index (χ0) is 13.6.